The second-order valence-electron chi connectivity index (χ2n) is 14.9. The van der Waals surface area contributed by atoms with Crippen molar-refractivity contribution < 1.29 is 4.42 Å². The summed E-state index contributed by atoms with van der Waals surface area (Å²) in [6, 6.07) is 51.6. The Kier molecular flexibility index (Phi) is 6.86. The molecule has 7 aromatic carbocycles. The summed E-state index contributed by atoms with van der Waals surface area (Å²) in [5.74, 6) is 1.67. The average Bonchev–Trinajstić information content (AvgIpc) is 3.74. The van der Waals surface area contributed by atoms with E-state index in [1.54, 1.807) is 12.1 Å². The van der Waals surface area contributed by atoms with Crippen molar-refractivity contribution in [2.45, 2.75) is 19.3 Å². The van der Waals surface area contributed by atoms with Crippen LogP contribution in [0.15, 0.2) is 156 Å². The van der Waals surface area contributed by atoms with Crippen LogP contribution in [0, 0.1) is 6.57 Å². The Hall–Kier alpha value is -7.49. The van der Waals surface area contributed by atoms with Crippen LogP contribution in [0.3, 0.4) is 0 Å². The molecule has 0 saturated heterocycles. The summed E-state index contributed by atoms with van der Waals surface area (Å²) >= 11 is 0. The van der Waals surface area contributed by atoms with Gasteiger partial charge in [-0.25, -0.2) is 24.8 Å². The normalized spacial score (nSPS) is 12.9. The first-order valence-electron chi connectivity index (χ1n) is 18.7. The number of nitrogens with zero attached hydrogens (tertiary/aromatic N) is 5. The van der Waals surface area contributed by atoms with Gasteiger partial charge in [-0.2, -0.15) is 0 Å². The highest BCUT2D eigenvalue weighted by molar-refractivity contribution is 6.28. The highest BCUT2D eigenvalue weighted by Crippen LogP contribution is 2.49. The molecule has 10 aromatic rings. The van der Waals surface area contributed by atoms with Crippen molar-refractivity contribution in [2.24, 2.45) is 0 Å². The minimum atomic E-state index is -0.110. The molecule has 3 aromatic heterocycles. The maximum Gasteiger partial charge on any atom is 0.187 e. The van der Waals surface area contributed by atoms with Crippen molar-refractivity contribution in [1.29, 1.82) is 0 Å². The smallest absolute Gasteiger partial charge is 0.187 e. The molecule has 0 N–H and O–H groups in total. The van der Waals surface area contributed by atoms with Gasteiger partial charge in [0, 0.05) is 54.6 Å². The molecule has 0 atom stereocenters. The third-order valence-electron chi connectivity index (χ3n) is 11.3. The standard InChI is InChI=1S/C50H31N5O/c1-50(2)39-15-9-7-13-34(39)37-27-31(19-24-40(37)50)48-53-47(30-17-21-33(51-3)22-18-30)54-49(55-48)32-20-25-42-38(28-32)45-43(56-42)26-23-36-44(45)35-14-8-10-16-41(35)52-46(36)29-11-5-4-6-12-29/h4-28H,1-2H3. The van der Waals surface area contributed by atoms with Gasteiger partial charge in [0.1, 0.15) is 11.2 Å². The van der Waals surface area contributed by atoms with Gasteiger partial charge in [-0.05, 0) is 64.7 Å². The molecule has 3 heterocycles. The fourth-order valence-electron chi connectivity index (χ4n) is 8.57. The van der Waals surface area contributed by atoms with Crippen molar-refractivity contribution in [3.8, 4) is 56.5 Å². The number of hydrogen-bond donors (Lipinski definition) is 0. The molecular formula is C50H31N5O. The lowest BCUT2D eigenvalue weighted by Gasteiger charge is -2.21. The van der Waals surface area contributed by atoms with E-state index in [0.717, 1.165) is 71.6 Å². The van der Waals surface area contributed by atoms with E-state index in [9.17, 15) is 0 Å². The molecule has 0 bridgehead atoms. The minimum Gasteiger partial charge on any atom is -0.456 e. The molecule has 262 valence electrons. The summed E-state index contributed by atoms with van der Waals surface area (Å²) in [4.78, 5) is 24.1. The van der Waals surface area contributed by atoms with Gasteiger partial charge < -0.3 is 4.42 Å². The molecule has 56 heavy (non-hydrogen) atoms. The van der Waals surface area contributed by atoms with Crippen LogP contribution in [0.4, 0.5) is 5.69 Å². The molecule has 1 aliphatic rings. The number of pyridine rings is 1. The predicted octanol–water partition coefficient (Wildman–Crippen LogP) is 13.0. The Labute approximate surface area is 322 Å². The Morgan fingerprint density at radius 3 is 1.93 bits per heavy atom. The first kappa shape index (κ1) is 32.0. The zero-order valence-corrected chi connectivity index (χ0v) is 30.6. The Balaban J connectivity index is 1.15. The van der Waals surface area contributed by atoms with Gasteiger partial charge in [-0.15, -0.1) is 0 Å². The van der Waals surface area contributed by atoms with E-state index < -0.39 is 0 Å². The van der Waals surface area contributed by atoms with E-state index in [4.69, 9.17) is 30.9 Å². The zero-order valence-electron chi connectivity index (χ0n) is 30.6. The molecule has 6 heteroatoms. The number of para-hydroxylation sites is 1. The lowest BCUT2D eigenvalue weighted by atomic mass is 9.82. The lowest BCUT2D eigenvalue weighted by Crippen LogP contribution is -2.14. The third-order valence-corrected chi connectivity index (χ3v) is 11.3. The molecule has 0 spiro atoms. The summed E-state index contributed by atoms with van der Waals surface area (Å²) < 4.78 is 6.54. The topological polar surface area (TPSA) is 69.1 Å². The lowest BCUT2D eigenvalue weighted by molar-refractivity contribution is 0.660. The second kappa shape index (κ2) is 12.0. The molecule has 0 amide bonds. The van der Waals surface area contributed by atoms with Crippen molar-refractivity contribution in [1.82, 2.24) is 19.9 Å². The molecule has 0 saturated carbocycles. The number of rotatable bonds is 4. The van der Waals surface area contributed by atoms with Crippen LogP contribution in [0.2, 0.25) is 0 Å². The Morgan fingerprint density at radius 2 is 1.12 bits per heavy atom. The van der Waals surface area contributed by atoms with Gasteiger partial charge in [-0.1, -0.05) is 123 Å². The first-order valence-corrected chi connectivity index (χ1v) is 18.7. The van der Waals surface area contributed by atoms with Gasteiger partial charge in [0.2, 0.25) is 0 Å². The summed E-state index contributed by atoms with van der Waals surface area (Å²) in [5, 5.41) is 5.22. The molecule has 0 aliphatic heterocycles. The van der Waals surface area contributed by atoms with Crippen molar-refractivity contribution in [2.75, 3.05) is 0 Å². The maximum atomic E-state index is 7.49. The highest BCUT2D eigenvalue weighted by Gasteiger charge is 2.35. The third kappa shape index (κ3) is 4.81. The van der Waals surface area contributed by atoms with Gasteiger partial charge >= 0.3 is 0 Å². The van der Waals surface area contributed by atoms with Crippen LogP contribution in [-0.4, -0.2) is 19.9 Å². The number of furan rings is 1. The van der Waals surface area contributed by atoms with Gasteiger partial charge in [0.05, 0.1) is 17.8 Å². The van der Waals surface area contributed by atoms with Crippen LogP contribution in [0.25, 0.3) is 105 Å². The van der Waals surface area contributed by atoms with E-state index in [2.05, 4.69) is 122 Å². The monoisotopic (exact) mass is 717 g/mol. The van der Waals surface area contributed by atoms with E-state index in [0.29, 0.717) is 23.2 Å². The number of fused-ring (bicyclic) bond motifs is 10. The Morgan fingerprint density at radius 1 is 0.482 bits per heavy atom. The SMILES string of the molecule is [C-]#[N+]c1ccc(-c2nc(-c3ccc4c(c3)-c3ccccc3C4(C)C)nc(-c3ccc4oc5ccc6c(-c7ccccc7)nc7ccccc7c6c5c4c3)n2)cc1. The average molecular weight is 718 g/mol. The minimum absolute atomic E-state index is 0.110. The first-order chi connectivity index (χ1) is 27.4. The fraction of sp³-hybridized carbons (Fsp3) is 0.0600. The second-order valence-corrected chi connectivity index (χ2v) is 14.9. The van der Waals surface area contributed by atoms with E-state index in [1.807, 2.05) is 36.4 Å². The molecule has 0 unspecified atom stereocenters. The number of aromatic nitrogens is 4. The van der Waals surface area contributed by atoms with Crippen molar-refractivity contribution in [3.63, 3.8) is 0 Å². The highest BCUT2D eigenvalue weighted by atomic mass is 16.3. The number of benzene rings is 7. The summed E-state index contributed by atoms with van der Waals surface area (Å²) in [6.45, 7) is 12.0. The zero-order chi connectivity index (χ0) is 37.5. The van der Waals surface area contributed by atoms with Crippen molar-refractivity contribution >= 4 is 49.3 Å². The predicted molar refractivity (Wildman–Crippen MR) is 225 cm³/mol. The van der Waals surface area contributed by atoms with Crippen LogP contribution in [-0.2, 0) is 5.41 Å². The summed E-state index contributed by atoms with van der Waals surface area (Å²) in [5.41, 5.74) is 12.5. The molecule has 0 radical (unpaired) electrons. The van der Waals surface area contributed by atoms with Crippen LogP contribution < -0.4 is 0 Å². The van der Waals surface area contributed by atoms with Gasteiger partial charge in [-0.3, -0.25) is 0 Å². The van der Waals surface area contributed by atoms with Crippen LogP contribution >= 0.6 is 0 Å². The van der Waals surface area contributed by atoms with Crippen LogP contribution in [0.1, 0.15) is 25.0 Å². The molecular weight excluding hydrogens is 687 g/mol. The van der Waals surface area contributed by atoms with Crippen LogP contribution in [0.5, 0.6) is 0 Å². The molecule has 1 aliphatic carbocycles. The van der Waals surface area contributed by atoms with Gasteiger partial charge in [0.25, 0.3) is 0 Å². The van der Waals surface area contributed by atoms with E-state index >= 15 is 0 Å². The summed E-state index contributed by atoms with van der Waals surface area (Å²) in [6.07, 6.45) is 0. The van der Waals surface area contributed by atoms with E-state index in [-0.39, 0.29) is 5.41 Å². The fourth-order valence-corrected chi connectivity index (χ4v) is 8.57. The molecule has 6 nitrogen and oxygen atoms in total. The quantitative estimate of drug-likeness (QED) is 0.134. The molecule has 11 rings (SSSR count). The summed E-state index contributed by atoms with van der Waals surface area (Å²) in [7, 11) is 0. The largest absolute Gasteiger partial charge is 0.456 e. The molecule has 0 fully saturated rings. The maximum absolute atomic E-state index is 7.49. The van der Waals surface area contributed by atoms with Crippen molar-refractivity contribution in [3.05, 3.63) is 174 Å². The number of hydrogen-bond acceptors (Lipinski definition) is 5. The Bertz CT molecular complexity index is 3280. The van der Waals surface area contributed by atoms with Gasteiger partial charge in [0.15, 0.2) is 23.2 Å². The van der Waals surface area contributed by atoms with E-state index in [1.165, 1.54) is 22.3 Å².